The number of hydrogen-bond acceptors (Lipinski definition) is 3. The van der Waals surface area contributed by atoms with Crippen molar-refractivity contribution in [3.8, 4) is 5.75 Å². The Bertz CT molecular complexity index is 597. The van der Waals surface area contributed by atoms with Gasteiger partial charge in [-0.25, -0.2) is 0 Å². The van der Waals surface area contributed by atoms with Crippen LogP contribution in [0, 0.1) is 13.8 Å². The predicted octanol–water partition coefficient (Wildman–Crippen LogP) is 2.91. The van der Waals surface area contributed by atoms with E-state index < -0.39 is 0 Å². The van der Waals surface area contributed by atoms with Crippen LogP contribution in [-0.2, 0) is 6.61 Å². The van der Waals surface area contributed by atoms with Gasteiger partial charge in [-0.3, -0.25) is 4.98 Å². The van der Waals surface area contributed by atoms with Gasteiger partial charge in [-0.1, -0.05) is 42.5 Å². The Kier molecular flexibility index (Phi) is 4.12. The molecule has 4 heteroatoms. The van der Waals surface area contributed by atoms with Crippen LogP contribution in [0.1, 0.15) is 22.5 Å². The molecule has 0 aliphatic heterocycles. The maximum Gasteiger partial charge on any atom is 0.133 e. The first-order valence-corrected chi connectivity index (χ1v) is 6.43. The average molecular weight is 272 g/mol. The molecule has 2 rings (SSSR count). The molecule has 0 saturated carbocycles. The normalized spacial score (nSPS) is 10.2. The van der Waals surface area contributed by atoms with Crippen molar-refractivity contribution in [2.24, 2.45) is 5.73 Å². The van der Waals surface area contributed by atoms with Gasteiger partial charge in [0.2, 0.25) is 0 Å². The molecule has 19 heavy (non-hydrogen) atoms. The van der Waals surface area contributed by atoms with Crippen molar-refractivity contribution in [3.63, 3.8) is 0 Å². The zero-order valence-corrected chi connectivity index (χ0v) is 11.8. The van der Waals surface area contributed by atoms with Crippen molar-refractivity contribution >= 4 is 17.2 Å². The first-order chi connectivity index (χ1) is 9.08. The lowest BCUT2D eigenvalue weighted by molar-refractivity contribution is 0.305. The zero-order chi connectivity index (χ0) is 13.8. The van der Waals surface area contributed by atoms with Gasteiger partial charge < -0.3 is 10.5 Å². The second kappa shape index (κ2) is 5.80. The topological polar surface area (TPSA) is 48.1 Å². The summed E-state index contributed by atoms with van der Waals surface area (Å²) in [6.07, 6.45) is 0. The van der Waals surface area contributed by atoms with Crippen LogP contribution in [0.25, 0.3) is 0 Å². The highest BCUT2D eigenvalue weighted by atomic mass is 32.1. The van der Waals surface area contributed by atoms with Crippen LogP contribution in [0.2, 0.25) is 0 Å². The van der Waals surface area contributed by atoms with E-state index in [1.165, 1.54) is 0 Å². The second-order valence-electron chi connectivity index (χ2n) is 4.36. The van der Waals surface area contributed by atoms with Crippen molar-refractivity contribution in [2.75, 3.05) is 0 Å². The van der Waals surface area contributed by atoms with Gasteiger partial charge in [0.25, 0.3) is 0 Å². The highest BCUT2D eigenvalue weighted by Crippen LogP contribution is 2.23. The van der Waals surface area contributed by atoms with Crippen LogP contribution in [0.15, 0.2) is 36.4 Å². The number of benzene rings is 1. The molecule has 0 radical (unpaired) electrons. The number of hydrogen-bond donors (Lipinski definition) is 1. The van der Waals surface area contributed by atoms with E-state index in [0.717, 1.165) is 22.5 Å². The Labute approximate surface area is 118 Å². The summed E-state index contributed by atoms with van der Waals surface area (Å²) in [6, 6.07) is 11.8. The fourth-order valence-corrected chi connectivity index (χ4v) is 2.19. The first-order valence-electron chi connectivity index (χ1n) is 6.02. The van der Waals surface area contributed by atoms with Crippen molar-refractivity contribution in [2.45, 2.75) is 20.5 Å². The monoisotopic (exact) mass is 272 g/mol. The molecule has 2 N–H and O–H groups in total. The van der Waals surface area contributed by atoms with Gasteiger partial charge in [0.05, 0.1) is 11.3 Å². The Morgan fingerprint density at radius 1 is 1.26 bits per heavy atom. The van der Waals surface area contributed by atoms with E-state index in [1.54, 1.807) is 0 Å². The summed E-state index contributed by atoms with van der Waals surface area (Å²) >= 11 is 5.07. The van der Waals surface area contributed by atoms with Gasteiger partial charge in [0.1, 0.15) is 17.3 Å². The van der Waals surface area contributed by atoms with E-state index in [1.807, 2.05) is 50.2 Å². The molecule has 0 aliphatic carbocycles. The van der Waals surface area contributed by atoms with Gasteiger partial charge in [-0.2, -0.15) is 0 Å². The smallest absolute Gasteiger partial charge is 0.133 e. The minimum absolute atomic E-state index is 0.313. The van der Waals surface area contributed by atoms with Crippen LogP contribution >= 0.6 is 12.2 Å². The molecule has 0 aliphatic rings. The van der Waals surface area contributed by atoms with Gasteiger partial charge in [-0.05, 0) is 19.4 Å². The van der Waals surface area contributed by atoms with E-state index in [0.29, 0.717) is 17.3 Å². The molecule has 0 amide bonds. The Morgan fingerprint density at radius 2 is 1.95 bits per heavy atom. The zero-order valence-electron chi connectivity index (χ0n) is 11.0. The fourth-order valence-electron chi connectivity index (χ4n) is 1.94. The van der Waals surface area contributed by atoms with Crippen LogP contribution in [-0.4, -0.2) is 9.97 Å². The van der Waals surface area contributed by atoms with Crippen LogP contribution in [0.3, 0.4) is 0 Å². The predicted molar refractivity (Wildman–Crippen MR) is 80.4 cm³/mol. The molecule has 2 aromatic rings. The van der Waals surface area contributed by atoms with Gasteiger partial charge in [-0.15, -0.1) is 0 Å². The molecule has 98 valence electrons. The fraction of sp³-hybridized carbons (Fsp3) is 0.200. The number of rotatable bonds is 4. The largest absolute Gasteiger partial charge is 0.488 e. The summed E-state index contributed by atoms with van der Waals surface area (Å²) in [6.45, 7) is 4.29. The third-order valence-corrected chi connectivity index (χ3v) is 2.98. The highest BCUT2D eigenvalue weighted by Gasteiger charge is 2.12. The molecule has 0 saturated heterocycles. The molecule has 0 bridgehead atoms. The molecule has 3 nitrogen and oxygen atoms in total. The van der Waals surface area contributed by atoms with E-state index in [2.05, 4.69) is 4.98 Å². The summed E-state index contributed by atoms with van der Waals surface area (Å²) in [5.41, 5.74) is 9.26. The summed E-state index contributed by atoms with van der Waals surface area (Å²) in [4.78, 5) is 4.68. The second-order valence-corrected chi connectivity index (χ2v) is 4.80. The van der Waals surface area contributed by atoms with Crippen molar-refractivity contribution in [3.05, 3.63) is 58.9 Å². The summed E-state index contributed by atoms with van der Waals surface area (Å²) < 4.78 is 5.84. The number of ether oxygens (including phenoxy) is 1. The van der Waals surface area contributed by atoms with Gasteiger partial charge in [0, 0.05) is 11.8 Å². The maximum atomic E-state index is 5.84. The summed E-state index contributed by atoms with van der Waals surface area (Å²) in [7, 11) is 0. The summed E-state index contributed by atoms with van der Waals surface area (Å²) in [5.74, 6) is 0.696. The van der Waals surface area contributed by atoms with E-state index in [-0.39, 0.29) is 0 Å². The van der Waals surface area contributed by atoms with E-state index >= 15 is 0 Å². The molecular weight excluding hydrogens is 256 g/mol. The Balaban J connectivity index is 2.27. The van der Waals surface area contributed by atoms with Crippen molar-refractivity contribution in [1.29, 1.82) is 0 Å². The molecule has 0 unspecified atom stereocenters. The minimum Gasteiger partial charge on any atom is -0.488 e. The number of aromatic nitrogens is 1. The van der Waals surface area contributed by atoms with Crippen molar-refractivity contribution < 1.29 is 4.74 Å². The number of nitrogens with zero attached hydrogens (tertiary/aromatic N) is 1. The van der Waals surface area contributed by atoms with E-state index in [9.17, 15) is 0 Å². The molecule has 0 spiro atoms. The number of thiocarbonyl (C=S) groups is 1. The first kappa shape index (κ1) is 13.5. The molecule has 0 atom stereocenters. The average Bonchev–Trinajstić information content (AvgIpc) is 2.36. The Morgan fingerprint density at radius 3 is 2.58 bits per heavy atom. The van der Waals surface area contributed by atoms with Gasteiger partial charge in [0.15, 0.2) is 0 Å². The molecule has 1 aromatic carbocycles. The molecular formula is C15H16N2OS. The molecule has 1 heterocycles. The third kappa shape index (κ3) is 3.29. The highest BCUT2D eigenvalue weighted by molar-refractivity contribution is 7.80. The van der Waals surface area contributed by atoms with Crippen LogP contribution < -0.4 is 10.5 Å². The minimum atomic E-state index is 0.313. The lowest BCUT2D eigenvalue weighted by Gasteiger charge is -2.13. The van der Waals surface area contributed by atoms with Gasteiger partial charge >= 0.3 is 0 Å². The lowest BCUT2D eigenvalue weighted by Crippen LogP contribution is -2.15. The maximum absolute atomic E-state index is 5.84. The number of aryl methyl sites for hydroxylation is 2. The van der Waals surface area contributed by atoms with E-state index in [4.69, 9.17) is 22.7 Å². The molecule has 0 fully saturated rings. The van der Waals surface area contributed by atoms with Crippen LogP contribution in [0.4, 0.5) is 0 Å². The molecule has 1 aromatic heterocycles. The Hall–Kier alpha value is -1.94. The number of nitrogens with two attached hydrogens (primary N) is 1. The van der Waals surface area contributed by atoms with Crippen molar-refractivity contribution in [1.82, 2.24) is 4.98 Å². The quantitative estimate of drug-likeness (QED) is 0.869. The standard InChI is InChI=1S/C15H16N2OS/c1-10-8-13(14(15(16)19)11(2)17-10)18-9-12-6-4-3-5-7-12/h3-8H,9H2,1-2H3,(H2,16,19). The van der Waals surface area contributed by atoms with Crippen LogP contribution in [0.5, 0.6) is 5.75 Å². The number of pyridine rings is 1. The SMILES string of the molecule is Cc1cc(OCc2ccccc2)c(C(N)=S)c(C)n1. The summed E-state index contributed by atoms with van der Waals surface area (Å²) in [5, 5.41) is 0. The lowest BCUT2D eigenvalue weighted by atomic mass is 10.1. The third-order valence-electron chi connectivity index (χ3n) is 2.78.